The number of hydrogen-bond donors (Lipinski definition) is 0. The van der Waals surface area contributed by atoms with Crippen LogP contribution in [0, 0.1) is 5.92 Å². The summed E-state index contributed by atoms with van der Waals surface area (Å²) in [4.78, 5) is 23.0. The number of carbonyl (C=O) groups excluding carboxylic acids is 2. The molecule has 1 rings (SSSR count). The molecule has 5 heteroatoms. The van der Waals surface area contributed by atoms with Crippen LogP contribution in [0.4, 0.5) is 0 Å². The predicted octanol–water partition coefficient (Wildman–Crippen LogP) is 2.84. The van der Waals surface area contributed by atoms with Crippen LogP contribution in [0.25, 0.3) is 6.08 Å². The molecule has 0 N–H and O–H groups in total. The van der Waals surface area contributed by atoms with Crippen LogP contribution in [0.15, 0.2) is 30.3 Å². The van der Waals surface area contributed by atoms with E-state index in [0.717, 1.165) is 17.7 Å². The van der Waals surface area contributed by atoms with E-state index < -0.39 is 17.9 Å². The molecule has 0 bridgehead atoms. The summed E-state index contributed by atoms with van der Waals surface area (Å²) in [6.07, 6.45) is 5.86. The maximum absolute atomic E-state index is 11.5. The summed E-state index contributed by atoms with van der Waals surface area (Å²) in [5, 5.41) is 0. The smallest absolute Gasteiger partial charge is 0.320 e. The van der Waals surface area contributed by atoms with E-state index in [1.807, 2.05) is 36.4 Å². The first-order valence-corrected chi connectivity index (χ1v) is 7.08. The summed E-state index contributed by atoms with van der Waals surface area (Å²) in [5.74, 6) is -1.13. The molecule has 5 nitrogen and oxygen atoms in total. The maximum atomic E-state index is 11.5. The Morgan fingerprint density at radius 3 is 2.14 bits per heavy atom. The fraction of sp³-hybridized carbons (Fsp3) is 0.412. The number of hydrogen-bond acceptors (Lipinski definition) is 5. The fourth-order valence-electron chi connectivity index (χ4n) is 1.99. The number of benzene rings is 1. The second-order valence-electron chi connectivity index (χ2n) is 4.71. The van der Waals surface area contributed by atoms with Gasteiger partial charge in [-0.2, -0.15) is 0 Å². The van der Waals surface area contributed by atoms with Crippen LogP contribution in [0.1, 0.15) is 24.8 Å². The molecule has 0 spiro atoms. The molecule has 0 atom stereocenters. The van der Waals surface area contributed by atoms with Crippen LogP contribution < -0.4 is 4.74 Å². The molecule has 0 aliphatic carbocycles. The number of unbranched alkanes of at least 4 members (excludes halogenated alkanes) is 1. The number of methoxy groups -OCH3 is 3. The summed E-state index contributed by atoms with van der Waals surface area (Å²) in [7, 11) is 4.16. The predicted molar refractivity (Wildman–Crippen MR) is 83.4 cm³/mol. The van der Waals surface area contributed by atoms with E-state index >= 15 is 0 Å². The Morgan fingerprint density at radius 1 is 1.05 bits per heavy atom. The van der Waals surface area contributed by atoms with Crippen molar-refractivity contribution in [3.8, 4) is 5.75 Å². The third-order valence-corrected chi connectivity index (χ3v) is 3.26. The fourth-order valence-corrected chi connectivity index (χ4v) is 1.99. The van der Waals surface area contributed by atoms with Crippen LogP contribution in [0.2, 0.25) is 0 Å². The van der Waals surface area contributed by atoms with Gasteiger partial charge in [-0.3, -0.25) is 9.59 Å². The Hall–Kier alpha value is -2.30. The first kappa shape index (κ1) is 17.8. The van der Waals surface area contributed by atoms with Crippen molar-refractivity contribution in [3.63, 3.8) is 0 Å². The van der Waals surface area contributed by atoms with Crippen LogP contribution in [0.5, 0.6) is 5.75 Å². The van der Waals surface area contributed by atoms with Crippen molar-refractivity contribution in [2.75, 3.05) is 21.3 Å². The summed E-state index contributed by atoms with van der Waals surface area (Å²) in [6.45, 7) is 0. The highest BCUT2D eigenvalue weighted by atomic mass is 16.5. The van der Waals surface area contributed by atoms with Gasteiger partial charge in [-0.15, -0.1) is 0 Å². The molecule has 0 aliphatic rings. The quantitative estimate of drug-likeness (QED) is 0.420. The highest BCUT2D eigenvalue weighted by Gasteiger charge is 2.27. The van der Waals surface area contributed by atoms with Gasteiger partial charge in [0.1, 0.15) is 5.75 Å². The standard InChI is InChI=1S/C17H22O5/c1-20-14-11-9-13(10-12-14)7-5-4-6-8-15(16(18)21-2)17(19)22-3/h5,7,9-12,15H,4,6,8H2,1-3H3/b7-5+. The van der Waals surface area contributed by atoms with E-state index in [0.29, 0.717) is 12.8 Å². The highest BCUT2D eigenvalue weighted by molar-refractivity contribution is 5.94. The van der Waals surface area contributed by atoms with E-state index in [9.17, 15) is 9.59 Å². The molecule has 120 valence electrons. The van der Waals surface area contributed by atoms with Crippen molar-refractivity contribution >= 4 is 18.0 Å². The topological polar surface area (TPSA) is 61.8 Å². The number of allylic oxidation sites excluding steroid dienone is 1. The monoisotopic (exact) mass is 306 g/mol. The highest BCUT2D eigenvalue weighted by Crippen LogP contribution is 2.15. The van der Waals surface area contributed by atoms with Gasteiger partial charge in [0.25, 0.3) is 0 Å². The molecule has 0 saturated heterocycles. The lowest BCUT2D eigenvalue weighted by atomic mass is 10.0. The van der Waals surface area contributed by atoms with Gasteiger partial charge in [0.15, 0.2) is 5.92 Å². The van der Waals surface area contributed by atoms with E-state index in [-0.39, 0.29) is 0 Å². The molecule has 0 aliphatic heterocycles. The molecule has 0 fully saturated rings. The van der Waals surface area contributed by atoms with Crippen LogP contribution in [0.3, 0.4) is 0 Å². The summed E-state index contributed by atoms with van der Waals surface area (Å²) in [6, 6.07) is 7.70. The van der Waals surface area contributed by atoms with Gasteiger partial charge in [0.2, 0.25) is 0 Å². The normalized spacial score (nSPS) is 10.7. The minimum Gasteiger partial charge on any atom is -0.497 e. The molecule has 0 amide bonds. The van der Waals surface area contributed by atoms with Gasteiger partial charge in [-0.1, -0.05) is 24.3 Å². The zero-order valence-corrected chi connectivity index (χ0v) is 13.2. The lowest BCUT2D eigenvalue weighted by Gasteiger charge is -2.11. The number of carbonyl (C=O) groups is 2. The minimum atomic E-state index is -0.843. The zero-order valence-electron chi connectivity index (χ0n) is 13.2. The SMILES string of the molecule is COC(=O)C(CCC/C=C/c1ccc(OC)cc1)C(=O)OC. The summed E-state index contributed by atoms with van der Waals surface area (Å²) < 4.78 is 14.3. The second kappa shape index (κ2) is 9.60. The Labute approximate surface area is 130 Å². The van der Waals surface area contributed by atoms with Gasteiger partial charge in [0.05, 0.1) is 21.3 Å². The van der Waals surface area contributed by atoms with Gasteiger partial charge in [-0.25, -0.2) is 0 Å². The van der Waals surface area contributed by atoms with Crippen LogP contribution >= 0.6 is 0 Å². The largest absolute Gasteiger partial charge is 0.497 e. The molecule has 1 aromatic carbocycles. The van der Waals surface area contributed by atoms with E-state index in [2.05, 4.69) is 9.47 Å². The van der Waals surface area contributed by atoms with Crippen molar-refractivity contribution in [2.45, 2.75) is 19.3 Å². The molecule has 0 radical (unpaired) electrons. The first-order valence-electron chi connectivity index (χ1n) is 7.08. The van der Waals surface area contributed by atoms with Crippen molar-refractivity contribution < 1.29 is 23.8 Å². The van der Waals surface area contributed by atoms with E-state index in [4.69, 9.17) is 4.74 Å². The third-order valence-electron chi connectivity index (χ3n) is 3.26. The number of ether oxygens (including phenoxy) is 3. The van der Waals surface area contributed by atoms with Crippen molar-refractivity contribution in [2.24, 2.45) is 5.92 Å². The van der Waals surface area contributed by atoms with Crippen molar-refractivity contribution in [3.05, 3.63) is 35.9 Å². The summed E-state index contributed by atoms with van der Waals surface area (Å²) >= 11 is 0. The molecule has 0 saturated carbocycles. The Bertz CT molecular complexity index is 488. The van der Waals surface area contributed by atoms with Crippen LogP contribution in [-0.2, 0) is 19.1 Å². The van der Waals surface area contributed by atoms with Crippen LogP contribution in [-0.4, -0.2) is 33.3 Å². The second-order valence-corrected chi connectivity index (χ2v) is 4.71. The zero-order chi connectivity index (χ0) is 16.4. The summed E-state index contributed by atoms with van der Waals surface area (Å²) in [5.41, 5.74) is 1.07. The lowest BCUT2D eigenvalue weighted by molar-refractivity contribution is -0.159. The average molecular weight is 306 g/mol. The molecule has 22 heavy (non-hydrogen) atoms. The van der Waals surface area contributed by atoms with Gasteiger partial charge in [-0.05, 0) is 37.0 Å². The molecule has 0 heterocycles. The lowest BCUT2D eigenvalue weighted by Crippen LogP contribution is -2.26. The van der Waals surface area contributed by atoms with E-state index in [1.165, 1.54) is 14.2 Å². The molecule has 0 aromatic heterocycles. The molecular weight excluding hydrogens is 284 g/mol. The van der Waals surface area contributed by atoms with Crippen molar-refractivity contribution in [1.29, 1.82) is 0 Å². The van der Waals surface area contributed by atoms with Gasteiger partial charge >= 0.3 is 11.9 Å². The average Bonchev–Trinajstić information content (AvgIpc) is 2.57. The Morgan fingerprint density at radius 2 is 1.64 bits per heavy atom. The minimum absolute atomic E-state index is 0.409. The molecular formula is C17H22O5. The Kier molecular flexibility index (Phi) is 7.75. The molecule has 1 aromatic rings. The maximum Gasteiger partial charge on any atom is 0.320 e. The van der Waals surface area contributed by atoms with Crippen molar-refractivity contribution in [1.82, 2.24) is 0 Å². The van der Waals surface area contributed by atoms with Gasteiger partial charge < -0.3 is 14.2 Å². The Balaban J connectivity index is 2.43. The van der Waals surface area contributed by atoms with Gasteiger partial charge in [0, 0.05) is 0 Å². The molecule has 0 unspecified atom stereocenters. The number of esters is 2. The first-order chi connectivity index (χ1) is 10.6. The third kappa shape index (κ3) is 5.60. The number of rotatable bonds is 8. The van der Waals surface area contributed by atoms with E-state index in [1.54, 1.807) is 7.11 Å².